The number of benzene rings is 4. The smallest absolute Gasteiger partial charge is 0.403 e. The van der Waals surface area contributed by atoms with Crippen molar-refractivity contribution in [3.63, 3.8) is 0 Å². The van der Waals surface area contributed by atoms with E-state index in [-0.39, 0.29) is 88.5 Å². The molecule has 9 aliphatic rings. The van der Waals surface area contributed by atoms with Gasteiger partial charge in [-0.1, -0.05) is 173 Å². The number of phosphoric acid groups is 4. The molecule has 4 aromatic carbocycles. The number of halogens is 8. The van der Waals surface area contributed by atoms with Crippen molar-refractivity contribution in [3.8, 4) is 23.0 Å². The summed E-state index contributed by atoms with van der Waals surface area (Å²) in [5, 5.41) is 84.8. The molecule has 0 aliphatic carbocycles. The Labute approximate surface area is 770 Å². The minimum Gasteiger partial charge on any atom is -0.403 e. The molecule has 16 rings (SSSR count). The Morgan fingerprint density at radius 3 is 1.12 bits per heavy atom. The first kappa shape index (κ1) is 90.7. The molecule has 128 heavy (non-hydrogen) atoms. The van der Waals surface area contributed by atoms with Gasteiger partial charge in [0.2, 0.25) is 0 Å². The number of hydrogen-bond acceptors (Lipinski definition) is 36. The van der Waals surface area contributed by atoms with Crippen LogP contribution < -0.4 is 40.5 Å². The van der Waals surface area contributed by atoms with Gasteiger partial charge >= 0.3 is 48.4 Å². The van der Waals surface area contributed by atoms with Crippen LogP contribution in [0, 0.1) is 69.3 Å². The third-order valence-corrected chi connectivity index (χ3v) is 27.4. The number of aliphatic hydroxyl groups is 8. The summed E-state index contributed by atoms with van der Waals surface area (Å²) in [6.45, 7) is 7.12. The Morgan fingerprint density at radius 1 is 0.461 bits per heavy atom. The number of H-pyrrole nitrogens is 3. The molecule has 12 N–H and O–H groups in total. The molecular formula is C73H78Cl4F4N8O31P4S4. The standard InChI is InChI=1S/C19H21ClFN2O7PS.3C18H19ClFN2O8PS/c1-9-4-10(2)15-12(5-9)7-27-31(26,30-15)28-8-19(21)16(25)14(24)18(29-19)23-6-13(20)17(32)22-11(23)3;3*1-8-3-9(2)13-10(4-8)6-27-31(26,30-13)28-7-18(20)14(24)12(23)16(29-18)22-5-11(19)15(32)21-17(22)25/h4-6,14,16,18,24-25H,3,7-8H2,1-2H3,(H,22,32);3*3-5,12,14,16,23-24H,6-7H2,1-2H3,(H,21,25,32)/t14-,16+,18-,19-,31?;3*12-,14+,16-,18-,31?/m1111/s1/i8D2,18D;16D;7D2;. The Morgan fingerprint density at radius 2 is 0.750 bits per heavy atom. The second-order valence-electron chi connectivity index (χ2n) is 29.5. The van der Waals surface area contributed by atoms with Crippen LogP contribution in [0.2, 0.25) is 15.1 Å². The quantitative estimate of drug-likeness (QED) is 0.0243. The fraction of sp³-hybridized carbons (Fsp3) is 0.438. The van der Waals surface area contributed by atoms with Crippen molar-refractivity contribution in [3.05, 3.63) is 218 Å². The Kier molecular flexibility index (Phi) is 26.8. The Bertz CT molecular complexity index is 6600. The van der Waals surface area contributed by atoms with Gasteiger partial charge in [0.25, 0.3) is 23.4 Å². The zero-order chi connectivity index (χ0) is 99.1. The summed E-state index contributed by atoms with van der Waals surface area (Å²) >= 11 is 43.0. The van der Waals surface area contributed by atoms with Crippen molar-refractivity contribution in [2.24, 2.45) is 0 Å². The number of aliphatic hydroxyl groups excluding tert-OH is 8. The van der Waals surface area contributed by atoms with Gasteiger partial charge in [-0.15, -0.1) is 0 Å². The van der Waals surface area contributed by atoms with Crippen LogP contribution in [0.5, 0.6) is 23.0 Å². The molecule has 4 unspecified atom stereocenters. The van der Waals surface area contributed by atoms with E-state index < -0.39 is 172 Å². The largest absolute Gasteiger partial charge is 0.530 e. The van der Waals surface area contributed by atoms with E-state index in [1.807, 2.05) is 33.8 Å². The molecule has 7 aromatic rings. The van der Waals surface area contributed by atoms with E-state index in [1.54, 1.807) is 70.2 Å². The number of hydrogen-bond donors (Lipinski definition) is 12. The van der Waals surface area contributed by atoms with Crippen molar-refractivity contribution < 1.29 is 158 Å². The molecule has 39 nitrogen and oxygen atoms in total. The molecule has 9 aliphatic heterocycles. The van der Waals surface area contributed by atoms with Crippen molar-refractivity contribution >= 4 is 132 Å². The number of nitrogens with zero attached hydrogens (tertiary/aromatic N) is 4. The van der Waals surface area contributed by atoms with Crippen LogP contribution in [-0.2, 0) is 99.8 Å². The van der Waals surface area contributed by atoms with Gasteiger partial charge in [0.15, 0.2) is 24.9 Å². The number of nitrogens with one attached hydrogen (secondary N) is 4. The number of fused-ring (bicyclic) bond motifs is 4. The molecule has 696 valence electrons. The third-order valence-electron chi connectivity index (χ3n) is 19.6. The molecule has 0 saturated carbocycles. The van der Waals surface area contributed by atoms with Gasteiger partial charge in [-0.2, -0.15) is 0 Å². The monoisotopic (exact) mass is 2040 g/mol. The summed E-state index contributed by atoms with van der Waals surface area (Å²) in [6.07, 6.45) is -24.1. The maximum Gasteiger partial charge on any atom is 0.530 e. The average molecular weight is 2040 g/mol. The first-order chi connectivity index (χ1) is 61.9. The molecule has 0 amide bonds. The highest BCUT2D eigenvalue weighted by atomic mass is 35.5. The number of aromatic amines is 3. The summed E-state index contributed by atoms with van der Waals surface area (Å²) < 4.78 is 247. The highest BCUT2D eigenvalue weighted by Gasteiger charge is 2.63. The number of rotatable bonds is 16. The highest BCUT2D eigenvalue weighted by molar-refractivity contribution is 7.81. The van der Waals surface area contributed by atoms with Crippen LogP contribution in [0.3, 0.4) is 0 Å². The molecular weight excluding hydrogens is 1950 g/mol. The molecule has 4 fully saturated rings. The van der Waals surface area contributed by atoms with E-state index in [9.17, 15) is 73.5 Å². The van der Waals surface area contributed by atoms with Crippen molar-refractivity contribution in [2.45, 2.75) is 179 Å². The van der Waals surface area contributed by atoms with Crippen LogP contribution in [0.1, 0.15) is 93.6 Å². The van der Waals surface area contributed by atoms with Crippen molar-refractivity contribution in [1.82, 2.24) is 38.9 Å². The van der Waals surface area contributed by atoms with Crippen LogP contribution in [0.25, 0.3) is 0 Å². The second-order valence-corrected chi connectivity index (χ2v) is 39.0. The van der Waals surface area contributed by atoms with Crippen LogP contribution in [-0.4, -0.2) is 184 Å². The normalized spacial score (nSPS) is 34.6. The van der Waals surface area contributed by atoms with E-state index in [0.29, 0.717) is 64.3 Å². The molecule has 0 radical (unpaired) electrons. The zero-order valence-corrected chi connectivity index (χ0v) is 76.7. The summed E-state index contributed by atoms with van der Waals surface area (Å²) in [5.74, 6) is -13.5. The zero-order valence-electron chi connectivity index (χ0n) is 72.9. The van der Waals surface area contributed by atoms with Gasteiger partial charge < -0.3 is 88.1 Å². The molecule has 0 spiro atoms. The molecule has 20 atom stereocenters. The predicted molar refractivity (Wildman–Crippen MR) is 452 cm³/mol. The number of aryl methyl sites for hydroxylation is 8. The molecule has 4 saturated heterocycles. The highest BCUT2D eigenvalue weighted by Crippen LogP contribution is 2.61. The van der Waals surface area contributed by atoms with Gasteiger partial charge in [-0.3, -0.25) is 64.8 Å². The lowest BCUT2D eigenvalue weighted by Gasteiger charge is -2.34. The first-order valence-corrected chi connectivity index (χ1v) is 45.9. The lowest BCUT2D eigenvalue weighted by molar-refractivity contribution is -0.207. The Hall–Kier alpha value is -6.45. The summed E-state index contributed by atoms with van der Waals surface area (Å²) in [4.78, 5) is 43.9. The van der Waals surface area contributed by atoms with Crippen LogP contribution in [0.15, 0.2) is 105 Å². The Balaban J connectivity index is 0.000000152. The topological polar surface area (TPSA) is 506 Å². The van der Waals surface area contributed by atoms with Gasteiger partial charge in [-0.05, 0) is 77.6 Å². The van der Waals surface area contributed by atoms with Gasteiger partial charge in [0.1, 0.15) is 123 Å². The number of ether oxygens (including phenoxy) is 4. The maximum absolute atomic E-state index is 16.0. The SMILES string of the molecule is Cc1cc(C)c2c(c1)COP(=O)(OC[C@@]1(F)O[C@@H](n3cc(Cl)c(=S)[nH]c3=O)[C@H](O)[C@@H]1O)O2.[2H]C([2H])(OP1(=O)OCc2cc(C)cc(C)c2O1)[C@@]1(F)O[C@@H](n2cc(Cl)c(=S)[nH]c2=O)[C@H](O)[C@@H]1O.[2H]C([2H])(OP1(=O)OCc2cc(C)cc(C)c2O1)[C@@]1(F)O[C@@]([2H])(N2C=C(Cl)C(=S)NC2=C)[C@H](O)[C@@H]1O.[2H][C@@]1(n2cc(Cl)c(=S)[nH]c2=O)O[C@](F)(COP2(=O)OCc3cc(C)cc(C)c3O2)[C@@H](O)[C@H]1O. The van der Waals surface area contributed by atoms with Gasteiger partial charge in [0.05, 0.1) is 54.8 Å². The number of alkyl halides is 4. The first-order valence-electron chi connectivity index (χ1n) is 40.0. The lowest BCUT2D eigenvalue weighted by Crippen LogP contribution is -2.47. The van der Waals surface area contributed by atoms with E-state index in [0.717, 1.165) is 51.6 Å². The van der Waals surface area contributed by atoms with Crippen molar-refractivity contribution in [1.29, 1.82) is 0 Å². The fourth-order valence-electron chi connectivity index (χ4n) is 13.6. The van der Waals surface area contributed by atoms with E-state index in [2.05, 4.69) is 26.8 Å². The van der Waals surface area contributed by atoms with E-state index in [4.69, 9.17) is 177 Å². The van der Waals surface area contributed by atoms with Crippen LogP contribution in [0.4, 0.5) is 17.6 Å². The predicted octanol–water partition coefficient (Wildman–Crippen LogP) is 11.3. The molecule has 3 aromatic heterocycles. The van der Waals surface area contributed by atoms with Crippen LogP contribution >= 0.6 is 127 Å². The van der Waals surface area contributed by atoms with Gasteiger partial charge in [0, 0.05) is 47.0 Å². The fourth-order valence-corrected chi connectivity index (χ4v) is 19.7. The number of aromatic nitrogens is 6. The minimum absolute atomic E-state index is 0.0187. The third kappa shape index (κ3) is 20.6. The summed E-state index contributed by atoms with van der Waals surface area (Å²) in [5.41, 5.74) is 5.50. The van der Waals surface area contributed by atoms with Gasteiger partial charge in [-0.25, -0.2) is 50.2 Å². The molecule has 55 heteroatoms. The maximum atomic E-state index is 16.0. The number of phosphoric ester groups is 4. The summed E-state index contributed by atoms with van der Waals surface area (Å²) in [6, 6.07) is 14.0. The molecule has 12 heterocycles. The molecule has 0 bridgehead atoms. The van der Waals surface area contributed by atoms with E-state index >= 15 is 17.6 Å². The number of thiocarbonyl (C=S) groups is 1. The lowest BCUT2D eigenvalue weighted by atomic mass is 10.1. The minimum atomic E-state index is -4.80. The average Bonchev–Trinajstić information content (AvgIpc) is 1.55. The summed E-state index contributed by atoms with van der Waals surface area (Å²) in [7, 11) is -18.2. The van der Waals surface area contributed by atoms with Crippen molar-refractivity contribution in [2.75, 3.05) is 26.3 Å². The van der Waals surface area contributed by atoms with E-state index in [1.165, 1.54) is 0 Å². The second kappa shape index (κ2) is 37.8.